The van der Waals surface area contributed by atoms with Crippen LogP contribution in [0.15, 0.2) is 16.6 Å². The van der Waals surface area contributed by atoms with Crippen molar-refractivity contribution in [3.8, 4) is 5.75 Å². The molecule has 0 unspecified atom stereocenters. The van der Waals surface area contributed by atoms with Gasteiger partial charge in [0.25, 0.3) is 0 Å². The third-order valence-corrected chi connectivity index (χ3v) is 5.55. The molecule has 0 saturated heterocycles. The first-order chi connectivity index (χ1) is 9.72. The fraction of sp³-hybridized carbons (Fsp3) is 0.647. The molecule has 2 aliphatic rings. The van der Waals surface area contributed by atoms with Crippen molar-refractivity contribution in [1.82, 2.24) is 0 Å². The highest BCUT2D eigenvalue weighted by molar-refractivity contribution is 9.10. The minimum Gasteiger partial charge on any atom is -0.493 e. The highest BCUT2D eigenvalue weighted by Gasteiger charge is 2.33. The minimum absolute atomic E-state index is 0.503. The number of ether oxygens (including phenoxy) is 1. The molecule has 1 aliphatic carbocycles. The monoisotopic (exact) mass is 337 g/mol. The Labute approximate surface area is 130 Å². The number of hydrogen-bond acceptors (Lipinski definition) is 2. The van der Waals surface area contributed by atoms with Gasteiger partial charge in [0, 0.05) is 10.9 Å². The summed E-state index contributed by atoms with van der Waals surface area (Å²) in [7, 11) is 0. The molecule has 20 heavy (non-hydrogen) atoms. The number of fused-ring (bicyclic) bond motifs is 1. The average Bonchev–Trinajstić information content (AvgIpc) is 3.06. The van der Waals surface area contributed by atoms with E-state index in [0.29, 0.717) is 5.41 Å². The van der Waals surface area contributed by atoms with Gasteiger partial charge in [-0.05, 0) is 67.3 Å². The van der Waals surface area contributed by atoms with Gasteiger partial charge >= 0.3 is 0 Å². The molecule has 0 atom stereocenters. The standard InChI is InChI=1S/C17H24BrNO/c18-15-11-13(16-14(12-15)4-10-20-16)3-7-17(8-9-19)5-1-2-6-17/h11-12H,1-10,19H2. The normalized spacial score (nSPS) is 19.9. The van der Waals surface area contributed by atoms with E-state index in [-0.39, 0.29) is 0 Å². The largest absolute Gasteiger partial charge is 0.493 e. The van der Waals surface area contributed by atoms with E-state index in [1.165, 1.54) is 54.1 Å². The minimum atomic E-state index is 0.503. The van der Waals surface area contributed by atoms with Crippen LogP contribution < -0.4 is 10.5 Å². The molecule has 110 valence electrons. The van der Waals surface area contributed by atoms with E-state index in [0.717, 1.165) is 31.7 Å². The van der Waals surface area contributed by atoms with Crippen molar-refractivity contribution in [3.05, 3.63) is 27.7 Å². The Morgan fingerprint density at radius 2 is 2.00 bits per heavy atom. The van der Waals surface area contributed by atoms with Crippen molar-refractivity contribution in [2.45, 2.75) is 51.4 Å². The summed E-state index contributed by atoms with van der Waals surface area (Å²) in [6.07, 6.45) is 10.1. The molecular weight excluding hydrogens is 314 g/mol. The van der Waals surface area contributed by atoms with Crippen LogP contribution in [-0.2, 0) is 12.8 Å². The van der Waals surface area contributed by atoms with Gasteiger partial charge in [-0.3, -0.25) is 0 Å². The van der Waals surface area contributed by atoms with E-state index >= 15 is 0 Å². The third-order valence-electron chi connectivity index (χ3n) is 5.09. The summed E-state index contributed by atoms with van der Waals surface area (Å²) in [5.74, 6) is 1.16. The Morgan fingerprint density at radius 1 is 1.20 bits per heavy atom. The number of hydrogen-bond donors (Lipinski definition) is 1. The number of benzene rings is 1. The summed E-state index contributed by atoms with van der Waals surface area (Å²) in [6, 6.07) is 4.45. The summed E-state index contributed by atoms with van der Waals surface area (Å²) < 4.78 is 7.04. The quantitative estimate of drug-likeness (QED) is 0.872. The number of halogens is 1. The maximum Gasteiger partial charge on any atom is 0.125 e. The van der Waals surface area contributed by atoms with Gasteiger partial charge in [0.15, 0.2) is 0 Å². The van der Waals surface area contributed by atoms with Crippen molar-refractivity contribution in [3.63, 3.8) is 0 Å². The maximum absolute atomic E-state index is 5.85. The van der Waals surface area contributed by atoms with Crippen LogP contribution in [0.1, 0.15) is 49.7 Å². The van der Waals surface area contributed by atoms with Crippen molar-refractivity contribution < 1.29 is 4.74 Å². The van der Waals surface area contributed by atoms with E-state index < -0.39 is 0 Å². The zero-order chi connectivity index (χ0) is 14.0. The predicted molar refractivity (Wildman–Crippen MR) is 86.2 cm³/mol. The van der Waals surface area contributed by atoms with Gasteiger partial charge in [-0.2, -0.15) is 0 Å². The van der Waals surface area contributed by atoms with Gasteiger partial charge in [0.05, 0.1) is 6.61 Å². The van der Waals surface area contributed by atoms with Crippen LogP contribution in [0.3, 0.4) is 0 Å². The maximum atomic E-state index is 5.85. The molecule has 1 heterocycles. The number of rotatable bonds is 5. The molecular formula is C17H24BrNO. The molecule has 1 fully saturated rings. The highest BCUT2D eigenvalue weighted by Crippen LogP contribution is 2.45. The Bertz CT molecular complexity index is 480. The van der Waals surface area contributed by atoms with E-state index in [2.05, 4.69) is 28.1 Å². The van der Waals surface area contributed by atoms with E-state index in [4.69, 9.17) is 10.5 Å². The first kappa shape index (κ1) is 14.4. The van der Waals surface area contributed by atoms with Crippen molar-refractivity contribution >= 4 is 15.9 Å². The second-order valence-corrected chi connectivity index (χ2v) is 7.31. The molecule has 1 aromatic rings. The van der Waals surface area contributed by atoms with Crippen LogP contribution in [-0.4, -0.2) is 13.2 Å². The summed E-state index contributed by atoms with van der Waals surface area (Å²) in [4.78, 5) is 0. The lowest BCUT2D eigenvalue weighted by Gasteiger charge is -2.29. The summed E-state index contributed by atoms with van der Waals surface area (Å²) >= 11 is 3.64. The molecule has 1 saturated carbocycles. The lowest BCUT2D eigenvalue weighted by Crippen LogP contribution is -2.21. The Kier molecular flexibility index (Phi) is 4.37. The first-order valence-corrected chi connectivity index (χ1v) is 8.66. The van der Waals surface area contributed by atoms with E-state index in [9.17, 15) is 0 Å². The smallest absolute Gasteiger partial charge is 0.125 e. The van der Waals surface area contributed by atoms with Gasteiger partial charge in [0.2, 0.25) is 0 Å². The van der Waals surface area contributed by atoms with Crippen LogP contribution in [0.2, 0.25) is 0 Å². The molecule has 0 bridgehead atoms. The molecule has 0 amide bonds. The topological polar surface area (TPSA) is 35.2 Å². The summed E-state index contributed by atoms with van der Waals surface area (Å²) in [6.45, 7) is 1.67. The SMILES string of the molecule is NCCC1(CCc2cc(Br)cc3c2OCC3)CCCC1. The lowest BCUT2D eigenvalue weighted by molar-refractivity contribution is 0.251. The highest BCUT2D eigenvalue weighted by atomic mass is 79.9. The van der Waals surface area contributed by atoms with Gasteiger partial charge < -0.3 is 10.5 Å². The number of nitrogens with two attached hydrogens (primary N) is 1. The average molecular weight is 338 g/mol. The molecule has 3 rings (SSSR count). The fourth-order valence-electron chi connectivity index (χ4n) is 3.99. The molecule has 2 nitrogen and oxygen atoms in total. The van der Waals surface area contributed by atoms with E-state index in [1.807, 2.05) is 0 Å². The summed E-state index contributed by atoms with van der Waals surface area (Å²) in [5, 5.41) is 0. The second-order valence-electron chi connectivity index (χ2n) is 6.40. The zero-order valence-electron chi connectivity index (χ0n) is 12.1. The van der Waals surface area contributed by atoms with Crippen LogP contribution in [0.5, 0.6) is 5.75 Å². The molecule has 2 N–H and O–H groups in total. The molecule has 3 heteroatoms. The number of aryl methyl sites for hydroxylation is 1. The first-order valence-electron chi connectivity index (χ1n) is 7.87. The molecule has 0 aromatic heterocycles. The second kappa shape index (κ2) is 6.07. The van der Waals surface area contributed by atoms with Gasteiger partial charge in [0.1, 0.15) is 5.75 Å². The fourth-order valence-corrected chi connectivity index (χ4v) is 4.54. The van der Waals surface area contributed by atoms with Crippen LogP contribution in [0.4, 0.5) is 0 Å². The van der Waals surface area contributed by atoms with Crippen molar-refractivity contribution in [1.29, 1.82) is 0 Å². The third kappa shape index (κ3) is 2.89. The molecule has 0 radical (unpaired) electrons. The summed E-state index contributed by atoms with van der Waals surface area (Å²) in [5.41, 5.74) is 9.10. The van der Waals surface area contributed by atoms with Crippen molar-refractivity contribution in [2.75, 3.05) is 13.2 Å². The van der Waals surface area contributed by atoms with E-state index in [1.54, 1.807) is 0 Å². The van der Waals surface area contributed by atoms with Crippen LogP contribution in [0.25, 0.3) is 0 Å². The van der Waals surface area contributed by atoms with Crippen LogP contribution >= 0.6 is 15.9 Å². The van der Waals surface area contributed by atoms with Crippen molar-refractivity contribution in [2.24, 2.45) is 11.1 Å². The van der Waals surface area contributed by atoms with Crippen LogP contribution in [0, 0.1) is 5.41 Å². The Hall–Kier alpha value is -0.540. The van der Waals surface area contributed by atoms with Gasteiger partial charge in [-0.1, -0.05) is 28.8 Å². The Balaban J connectivity index is 1.75. The zero-order valence-corrected chi connectivity index (χ0v) is 13.7. The van der Waals surface area contributed by atoms with Gasteiger partial charge in [-0.25, -0.2) is 0 Å². The molecule has 0 spiro atoms. The molecule has 1 aliphatic heterocycles. The molecule has 1 aromatic carbocycles. The lowest BCUT2D eigenvalue weighted by atomic mass is 9.77. The Morgan fingerprint density at radius 3 is 2.75 bits per heavy atom. The van der Waals surface area contributed by atoms with Gasteiger partial charge in [-0.15, -0.1) is 0 Å². The predicted octanol–water partition coefficient (Wildman–Crippen LogP) is 4.23.